The molecular formula is C24H21Cl3N2O4S2. The topological polar surface area (TPSA) is 75.7 Å². The summed E-state index contributed by atoms with van der Waals surface area (Å²) in [6.07, 6.45) is -0.998. The van der Waals surface area contributed by atoms with Crippen LogP contribution in [0.25, 0.3) is 0 Å². The molecule has 3 aromatic carbocycles. The van der Waals surface area contributed by atoms with Gasteiger partial charge in [-0.05, 0) is 54.1 Å². The summed E-state index contributed by atoms with van der Waals surface area (Å²) in [4.78, 5) is 12.9. The number of fused-ring (bicyclic) bond motifs is 1. The molecule has 6 nitrogen and oxygen atoms in total. The van der Waals surface area contributed by atoms with Crippen LogP contribution in [0.3, 0.4) is 0 Å². The van der Waals surface area contributed by atoms with Crippen molar-refractivity contribution in [3.05, 3.63) is 87.4 Å². The zero-order valence-corrected chi connectivity index (χ0v) is 22.2. The molecule has 0 aromatic heterocycles. The average Bonchev–Trinajstić information content (AvgIpc) is 2.84. The third-order valence-electron chi connectivity index (χ3n) is 5.25. The first-order valence-electron chi connectivity index (χ1n) is 10.6. The third kappa shape index (κ3) is 6.19. The predicted molar refractivity (Wildman–Crippen MR) is 142 cm³/mol. The zero-order chi connectivity index (χ0) is 25.0. The van der Waals surface area contributed by atoms with Crippen LogP contribution >= 0.6 is 46.6 Å². The lowest BCUT2D eigenvalue weighted by Gasteiger charge is -2.34. The summed E-state index contributed by atoms with van der Waals surface area (Å²) in [5.74, 6) is 1.25. The number of hydrogen-bond donors (Lipinski definition) is 1. The zero-order valence-electron chi connectivity index (χ0n) is 18.3. The van der Waals surface area contributed by atoms with Gasteiger partial charge in [0.05, 0.1) is 17.1 Å². The smallest absolute Gasteiger partial charge is 0.264 e. The van der Waals surface area contributed by atoms with Crippen molar-refractivity contribution in [2.24, 2.45) is 0 Å². The number of ether oxygens (including phenoxy) is 1. The van der Waals surface area contributed by atoms with Gasteiger partial charge in [-0.15, -0.1) is 0 Å². The van der Waals surface area contributed by atoms with Crippen molar-refractivity contribution in [2.45, 2.75) is 16.8 Å². The Labute approximate surface area is 223 Å². The van der Waals surface area contributed by atoms with E-state index in [-0.39, 0.29) is 17.3 Å². The van der Waals surface area contributed by atoms with Crippen LogP contribution in [0.5, 0.6) is 5.75 Å². The number of halogens is 3. The Kier molecular flexibility index (Phi) is 8.39. The van der Waals surface area contributed by atoms with E-state index in [0.717, 1.165) is 5.56 Å². The summed E-state index contributed by atoms with van der Waals surface area (Å²) in [6, 6.07) is 18.0. The fraction of sp³-hybridized carbons (Fsp3) is 0.208. The van der Waals surface area contributed by atoms with Crippen molar-refractivity contribution in [3.8, 4) is 5.75 Å². The Morgan fingerprint density at radius 3 is 2.49 bits per heavy atom. The Morgan fingerprint density at radius 1 is 1.03 bits per heavy atom. The summed E-state index contributed by atoms with van der Waals surface area (Å²) in [5.41, 5.74) is 1.34. The van der Waals surface area contributed by atoms with E-state index in [1.807, 2.05) is 6.07 Å². The maximum atomic E-state index is 13.4. The van der Waals surface area contributed by atoms with Crippen molar-refractivity contribution in [1.29, 1.82) is 0 Å². The minimum Gasteiger partial charge on any atom is -0.476 e. The number of anilines is 1. The predicted octanol–water partition coefficient (Wildman–Crippen LogP) is 5.65. The number of nitrogens with one attached hydrogen (secondary N) is 1. The quantitative estimate of drug-likeness (QED) is 0.354. The number of benzene rings is 3. The van der Waals surface area contributed by atoms with Gasteiger partial charge in [0.1, 0.15) is 5.75 Å². The van der Waals surface area contributed by atoms with E-state index in [1.54, 1.807) is 48.2 Å². The molecule has 0 fully saturated rings. The van der Waals surface area contributed by atoms with Crippen LogP contribution in [0.4, 0.5) is 5.69 Å². The first-order chi connectivity index (χ1) is 16.8. The lowest BCUT2D eigenvalue weighted by Crippen LogP contribution is -2.51. The van der Waals surface area contributed by atoms with Gasteiger partial charge in [-0.3, -0.25) is 9.10 Å². The fourth-order valence-electron chi connectivity index (χ4n) is 3.48. The van der Waals surface area contributed by atoms with E-state index in [9.17, 15) is 13.2 Å². The number of rotatable bonds is 8. The molecule has 0 bridgehead atoms. The Bertz CT molecular complexity index is 1320. The van der Waals surface area contributed by atoms with Gasteiger partial charge < -0.3 is 10.1 Å². The maximum Gasteiger partial charge on any atom is 0.264 e. The van der Waals surface area contributed by atoms with Gasteiger partial charge in [-0.25, -0.2) is 8.42 Å². The molecule has 1 aliphatic heterocycles. The molecule has 0 spiro atoms. The monoisotopic (exact) mass is 570 g/mol. The Hall–Kier alpha value is -2.10. The first-order valence-corrected chi connectivity index (χ1v) is 14.3. The van der Waals surface area contributed by atoms with Crippen LogP contribution in [0.15, 0.2) is 71.6 Å². The van der Waals surface area contributed by atoms with E-state index < -0.39 is 16.1 Å². The molecule has 0 unspecified atom stereocenters. The molecule has 1 atom stereocenters. The van der Waals surface area contributed by atoms with Crippen LogP contribution < -0.4 is 14.4 Å². The summed E-state index contributed by atoms with van der Waals surface area (Å²) in [5, 5.41) is 4.45. The highest BCUT2D eigenvalue weighted by molar-refractivity contribution is 7.98. The van der Waals surface area contributed by atoms with Crippen molar-refractivity contribution in [3.63, 3.8) is 0 Å². The largest absolute Gasteiger partial charge is 0.476 e. The van der Waals surface area contributed by atoms with Gasteiger partial charge in [0.25, 0.3) is 15.9 Å². The highest BCUT2D eigenvalue weighted by atomic mass is 35.5. The van der Waals surface area contributed by atoms with Gasteiger partial charge in [0, 0.05) is 33.1 Å². The van der Waals surface area contributed by atoms with Crippen LogP contribution in [-0.2, 0) is 20.6 Å². The SMILES string of the molecule is O=C(NCCSCc1ccc(Cl)cc1Cl)[C@@H]1CN(S(=O)(=O)c2ccc(Cl)cc2)c2ccccc2O1. The summed E-state index contributed by atoms with van der Waals surface area (Å²) < 4.78 is 33.8. The summed E-state index contributed by atoms with van der Waals surface area (Å²) in [7, 11) is -3.94. The molecule has 0 saturated carbocycles. The standard InChI is InChI=1S/C24H21Cl3N2O4S2/c25-17-7-9-19(10-8-17)35(31,32)29-14-23(33-22-4-2-1-3-21(22)29)24(30)28-11-12-34-15-16-5-6-18(26)13-20(16)27/h1-10,13,23H,11-12,14-15H2,(H,28,30)/t23-/m0/s1. The van der Waals surface area contributed by atoms with Gasteiger partial charge >= 0.3 is 0 Å². The number of carbonyl (C=O) groups excluding carboxylic acids is 1. The van der Waals surface area contributed by atoms with Crippen LogP contribution in [0, 0.1) is 0 Å². The second-order valence-corrected chi connectivity index (χ2v) is 11.9. The molecule has 1 amide bonds. The summed E-state index contributed by atoms with van der Waals surface area (Å²) >= 11 is 19.6. The van der Waals surface area contributed by atoms with E-state index in [1.165, 1.54) is 28.6 Å². The molecule has 1 N–H and O–H groups in total. The number of thioether (sulfide) groups is 1. The number of hydrogen-bond acceptors (Lipinski definition) is 5. The van der Waals surface area contributed by atoms with E-state index in [0.29, 0.717) is 44.6 Å². The number of amides is 1. The lowest BCUT2D eigenvalue weighted by atomic mass is 10.2. The second-order valence-electron chi connectivity index (χ2n) is 7.64. The molecule has 184 valence electrons. The fourth-order valence-corrected chi connectivity index (χ4v) is 6.50. The van der Waals surface area contributed by atoms with Gasteiger partial charge in [-0.1, -0.05) is 53.0 Å². The first kappa shape index (κ1) is 26.0. The average molecular weight is 572 g/mol. The molecule has 0 aliphatic carbocycles. The van der Waals surface area contributed by atoms with Gasteiger partial charge in [0.2, 0.25) is 0 Å². The molecule has 35 heavy (non-hydrogen) atoms. The number of sulfonamides is 1. The second kappa shape index (κ2) is 11.3. The van der Waals surface area contributed by atoms with Crippen molar-refractivity contribution < 1.29 is 17.9 Å². The lowest BCUT2D eigenvalue weighted by molar-refractivity contribution is -0.127. The normalized spacial score (nSPS) is 15.3. The highest BCUT2D eigenvalue weighted by Crippen LogP contribution is 2.37. The van der Waals surface area contributed by atoms with Gasteiger partial charge in [-0.2, -0.15) is 11.8 Å². The summed E-state index contributed by atoms with van der Waals surface area (Å²) in [6.45, 7) is 0.238. The van der Waals surface area contributed by atoms with Gasteiger partial charge in [0.15, 0.2) is 6.10 Å². The maximum absolute atomic E-state index is 13.4. The number of nitrogens with zero attached hydrogens (tertiary/aromatic N) is 1. The molecule has 3 aromatic rings. The molecule has 0 saturated heterocycles. The number of carbonyl (C=O) groups is 1. The van der Waals surface area contributed by atoms with Crippen molar-refractivity contribution in [2.75, 3.05) is 23.1 Å². The van der Waals surface area contributed by atoms with Crippen LogP contribution in [-0.4, -0.2) is 39.3 Å². The molecule has 1 heterocycles. The van der Waals surface area contributed by atoms with E-state index in [2.05, 4.69) is 5.32 Å². The molecular weight excluding hydrogens is 551 g/mol. The van der Waals surface area contributed by atoms with Crippen LogP contribution in [0.1, 0.15) is 5.56 Å². The van der Waals surface area contributed by atoms with Crippen LogP contribution in [0.2, 0.25) is 15.1 Å². The Balaban J connectivity index is 1.40. The van der Waals surface area contributed by atoms with Crippen molar-refractivity contribution >= 4 is 68.2 Å². The minimum absolute atomic E-state index is 0.0787. The number of para-hydroxylation sites is 2. The molecule has 1 aliphatic rings. The third-order valence-corrected chi connectivity index (χ3v) is 8.89. The van der Waals surface area contributed by atoms with Crippen molar-refractivity contribution in [1.82, 2.24) is 5.32 Å². The Morgan fingerprint density at radius 2 is 1.74 bits per heavy atom. The molecule has 11 heteroatoms. The van der Waals surface area contributed by atoms with E-state index >= 15 is 0 Å². The minimum atomic E-state index is -3.94. The molecule has 0 radical (unpaired) electrons. The highest BCUT2D eigenvalue weighted by Gasteiger charge is 2.37. The molecule has 4 rings (SSSR count). The van der Waals surface area contributed by atoms with E-state index in [4.69, 9.17) is 39.5 Å².